The standard InChI is InChI=1S/C9H10O2S/c1-7-5-8(12-6-7)3-2-4-9(10)11/h2-3,5-6H,4H2,1H3,(H,10,11)/b3-2+. The Morgan fingerprint density at radius 3 is 3.00 bits per heavy atom. The van der Waals surface area contributed by atoms with Gasteiger partial charge in [0.15, 0.2) is 0 Å². The molecule has 0 radical (unpaired) electrons. The molecule has 1 aromatic heterocycles. The molecular weight excluding hydrogens is 172 g/mol. The monoisotopic (exact) mass is 182 g/mol. The number of carboxylic acids is 1. The van der Waals surface area contributed by atoms with Gasteiger partial charge in [0.05, 0.1) is 6.42 Å². The van der Waals surface area contributed by atoms with E-state index in [4.69, 9.17) is 5.11 Å². The van der Waals surface area contributed by atoms with Crippen LogP contribution in [0.3, 0.4) is 0 Å². The van der Waals surface area contributed by atoms with Crippen LogP contribution in [0, 0.1) is 6.92 Å². The molecule has 1 heterocycles. The molecule has 1 aromatic rings. The number of hydrogen-bond acceptors (Lipinski definition) is 2. The van der Waals surface area contributed by atoms with E-state index in [2.05, 4.69) is 0 Å². The van der Waals surface area contributed by atoms with Crippen molar-refractivity contribution in [3.63, 3.8) is 0 Å². The van der Waals surface area contributed by atoms with Crippen LogP contribution in [0.15, 0.2) is 17.5 Å². The second-order valence-corrected chi connectivity index (χ2v) is 3.47. The number of carbonyl (C=O) groups is 1. The van der Waals surface area contributed by atoms with E-state index in [1.807, 2.05) is 24.4 Å². The van der Waals surface area contributed by atoms with Gasteiger partial charge in [0.25, 0.3) is 0 Å². The summed E-state index contributed by atoms with van der Waals surface area (Å²) in [5, 5.41) is 10.4. The zero-order chi connectivity index (χ0) is 8.97. The van der Waals surface area contributed by atoms with Crippen LogP contribution in [0.2, 0.25) is 0 Å². The number of thiophene rings is 1. The van der Waals surface area contributed by atoms with Crippen LogP contribution in [0.1, 0.15) is 16.9 Å². The van der Waals surface area contributed by atoms with E-state index in [-0.39, 0.29) is 6.42 Å². The summed E-state index contributed by atoms with van der Waals surface area (Å²) in [6.45, 7) is 2.02. The van der Waals surface area contributed by atoms with Crippen molar-refractivity contribution in [1.29, 1.82) is 0 Å². The van der Waals surface area contributed by atoms with E-state index in [9.17, 15) is 4.79 Å². The number of aliphatic carboxylic acids is 1. The van der Waals surface area contributed by atoms with Crippen molar-refractivity contribution in [2.75, 3.05) is 0 Å². The molecule has 0 atom stereocenters. The number of rotatable bonds is 3. The smallest absolute Gasteiger partial charge is 0.307 e. The van der Waals surface area contributed by atoms with E-state index in [0.29, 0.717) is 0 Å². The summed E-state index contributed by atoms with van der Waals surface area (Å²) >= 11 is 1.62. The first-order valence-corrected chi connectivity index (χ1v) is 4.50. The van der Waals surface area contributed by atoms with Crippen LogP contribution in [0.5, 0.6) is 0 Å². The number of aryl methyl sites for hydroxylation is 1. The van der Waals surface area contributed by atoms with Crippen molar-refractivity contribution in [1.82, 2.24) is 0 Å². The largest absolute Gasteiger partial charge is 0.481 e. The Kier molecular flexibility index (Phi) is 3.05. The fraction of sp³-hybridized carbons (Fsp3) is 0.222. The highest BCUT2D eigenvalue weighted by Crippen LogP contribution is 2.15. The van der Waals surface area contributed by atoms with E-state index in [0.717, 1.165) is 4.88 Å². The molecule has 2 nitrogen and oxygen atoms in total. The van der Waals surface area contributed by atoms with Gasteiger partial charge in [-0.3, -0.25) is 4.79 Å². The van der Waals surface area contributed by atoms with Gasteiger partial charge in [-0.1, -0.05) is 6.08 Å². The van der Waals surface area contributed by atoms with Gasteiger partial charge < -0.3 is 5.11 Å². The fourth-order valence-corrected chi connectivity index (χ4v) is 1.64. The second kappa shape index (κ2) is 4.07. The third kappa shape index (κ3) is 2.88. The summed E-state index contributed by atoms with van der Waals surface area (Å²) in [6.07, 6.45) is 3.59. The lowest BCUT2D eigenvalue weighted by molar-refractivity contribution is -0.135. The Morgan fingerprint density at radius 1 is 1.75 bits per heavy atom. The van der Waals surface area contributed by atoms with Crippen LogP contribution in [0.4, 0.5) is 0 Å². The van der Waals surface area contributed by atoms with Crippen molar-refractivity contribution < 1.29 is 9.90 Å². The quantitative estimate of drug-likeness (QED) is 0.780. The molecule has 0 aromatic carbocycles. The van der Waals surface area contributed by atoms with Crippen molar-refractivity contribution in [2.24, 2.45) is 0 Å². The molecule has 0 saturated heterocycles. The van der Waals surface area contributed by atoms with Gasteiger partial charge in [0.1, 0.15) is 0 Å². The van der Waals surface area contributed by atoms with Crippen molar-refractivity contribution in [3.05, 3.63) is 28.0 Å². The van der Waals surface area contributed by atoms with E-state index < -0.39 is 5.97 Å². The van der Waals surface area contributed by atoms with Gasteiger partial charge in [-0.2, -0.15) is 0 Å². The molecule has 0 spiro atoms. The van der Waals surface area contributed by atoms with Gasteiger partial charge in [0.2, 0.25) is 0 Å². The Hall–Kier alpha value is -1.09. The summed E-state index contributed by atoms with van der Waals surface area (Å²) in [6, 6.07) is 2.03. The minimum Gasteiger partial charge on any atom is -0.481 e. The first kappa shape index (κ1) is 9.00. The normalized spacial score (nSPS) is 10.8. The minimum atomic E-state index is -0.792. The predicted molar refractivity (Wildman–Crippen MR) is 50.3 cm³/mol. The molecule has 0 aliphatic rings. The molecule has 0 aliphatic carbocycles. The zero-order valence-electron chi connectivity index (χ0n) is 6.78. The summed E-state index contributed by atoms with van der Waals surface area (Å²) in [4.78, 5) is 11.3. The Labute approximate surface area is 75.2 Å². The van der Waals surface area contributed by atoms with Crippen molar-refractivity contribution in [3.8, 4) is 0 Å². The highest BCUT2D eigenvalue weighted by atomic mass is 32.1. The van der Waals surface area contributed by atoms with Crippen molar-refractivity contribution in [2.45, 2.75) is 13.3 Å². The molecule has 0 bridgehead atoms. The zero-order valence-corrected chi connectivity index (χ0v) is 7.60. The predicted octanol–water partition coefficient (Wildman–Crippen LogP) is 2.54. The summed E-state index contributed by atoms with van der Waals surface area (Å²) < 4.78 is 0. The Morgan fingerprint density at radius 2 is 2.50 bits per heavy atom. The lowest BCUT2D eigenvalue weighted by Gasteiger charge is -1.83. The first-order valence-electron chi connectivity index (χ1n) is 3.62. The third-order valence-corrected chi connectivity index (χ3v) is 2.34. The number of carboxylic acid groups (broad SMARTS) is 1. The Bertz CT molecular complexity index is 299. The maximum atomic E-state index is 10.1. The maximum Gasteiger partial charge on any atom is 0.307 e. The lowest BCUT2D eigenvalue weighted by Crippen LogP contribution is -1.89. The van der Waals surface area contributed by atoms with E-state index >= 15 is 0 Å². The molecular formula is C9H10O2S. The average Bonchev–Trinajstić information content (AvgIpc) is 2.35. The minimum absolute atomic E-state index is 0.0942. The SMILES string of the molecule is Cc1csc(/C=C/CC(=O)O)c1. The van der Waals surface area contributed by atoms with Gasteiger partial charge in [-0.25, -0.2) is 0 Å². The fourth-order valence-electron chi connectivity index (χ4n) is 0.817. The van der Waals surface area contributed by atoms with Crippen LogP contribution >= 0.6 is 11.3 Å². The highest BCUT2D eigenvalue weighted by molar-refractivity contribution is 7.11. The molecule has 1 rings (SSSR count). The van der Waals surface area contributed by atoms with Crippen LogP contribution in [-0.4, -0.2) is 11.1 Å². The van der Waals surface area contributed by atoms with Gasteiger partial charge in [0, 0.05) is 4.88 Å². The van der Waals surface area contributed by atoms with Gasteiger partial charge >= 0.3 is 5.97 Å². The molecule has 1 N–H and O–H groups in total. The van der Waals surface area contributed by atoms with Gasteiger partial charge in [-0.05, 0) is 30.0 Å². The molecule has 12 heavy (non-hydrogen) atoms. The van der Waals surface area contributed by atoms with Gasteiger partial charge in [-0.15, -0.1) is 11.3 Å². The molecule has 0 aliphatic heterocycles. The molecule has 0 fully saturated rings. The van der Waals surface area contributed by atoms with E-state index in [1.54, 1.807) is 17.4 Å². The van der Waals surface area contributed by atoms with E-state index in [1.165, 1.54) is 5.56 Å². The number of hydrogen-bond donors (Lipinski definition) is 1. The summed E-state index contributed by atoms with van der Waals surface area (Å²) in [5.41, 5.74) is 1.22. The second-order valence-electron chi connectivity index (χ2n) is 2.53. The molecule has 0 amide bonds. The summed E-state index contributed by atoms with van der Waals surface area (Å²) in [7, 11) is 0. The topological polar surface area (TPSA) is 37.3 Å². The van der Waals surface area contributed by atoms with Crippen LogP contribution in [-0.2, 0) is 4.79 Å². The molecule has 3 heteroatoms. The average molecular weight is 182 g/mol. The van der Waals surface area contributed by atoms with Crippen LogP contribution in [0.25, 0.3) is 6.08 Å². The first-order chi connectivity index (χ1) is 5.68. The Balaban J connectivity index is 2.52. The highest BCUT2D eigenvalue weighted by Gasteiger charge is 1.92. The molecule has 64 valence electrons. The third-order valence-electron chi connectivity index (χ3n) is 1.33. The maximum absolute atomic E-state index is 10.1. The lowest BCUT2D eigenvalue weighted by atomic mass is 10.3. The van der Waals surface area contributed by atoms with Crippen LogP contribution < -0.4 is 0 Å². The van der Waals surface area contributed by atoms with Crippen molar-refractivity contribution >= 4 is 23.4 Å². The summed E-state index contributed by atoms with van der Waals surface area (Å²) in [5.74, 6) is -0.792. The molecule has 0 saturated carbocycles. The molecule has 0 unspecified atom stereocenters.